The van der Waals surface area contributed by atoms with E-state index in [0.29, 0.717) is 55.2 Å². The second-order valence-corrected chi connectivity index (χ2v) is 8.87. The molecule has 0 saturated heterocycles. The summed E-state index contributed by atoms with van der Waals surface area (Å²) in [4.78, 5) is 37.6. The Labute approximate surface area is 198 Å². The molecule has 0 saturated carbocycles. The molecule has 4 rings (SSSR count). The summed E-state index contributed by atoms with van der Waals surface area (Å²) in [5.74, 6) is -1.64. The monoisotopic (exact) mass is 464 g/mol. The van der Waals surface area contributed by atoms with Gasteiger partial charge in [0.05, 0.1) is 12.5 Å². The smallest absolute Gasteiger partial charge is 0.342 e. The highest BCUT2D eigenvalue weighted by Crippen LogP contribution is 2.47. The van der Waals surface area contributed by atoms with Gasteiger partial charge in [0.1, 0.15) is 28.6 Å². The van der Waals surface area contributed by atoms with Gasteiger partial charge >= 0.3 is 11.9 Å². The molecule has 178 valence electrons. The SMILES string of the molecule is CC1CCCC(=O)CCC/C=C/c2cc3c(c(O)c2C(=O)O1)C(c1cccc(O)c1)CC(=O)O3. The Hall–Kier alpha value is -3.61. The molecule has 0 spiro atoms. The molecule has 2 aliphatic rings. The molecule has 2 N–H and O–H groups in total. The highest BCUT2D eigenvalue weighted by molar-refractivity contribution is 5.98. The summed E-state index contributed by atoms with van der Waals surface area (Å²) in [5, 5.41) is 21.3. The summed E-state index contributed by atoms with van der Waals surface area (Å²) >= 11 is 0. The zero-order chi connectivity index (χ0) is 24.2. The first kappa shape index (κ1) is 23.5. The molecule has 2 aliphatic heterocycles. The number of phenols is 2. The van der Waals surface area contributed by atoms with E-state index in [1.807, 2.05) is 6.08 Å². The van der Waals surface area contributed by atoms with Gasteiger partial charge in [-0.25, -0.2) is 4.79 Å². The quantitative estimate of drug-likeness (QED) is 0.450. The summed E-state index contributed by atoms with van der Waals surface area (Å²) in [6.45, 7) is 1.76. The first-order valence-corrected chi connectivity index (χ1v) is 11.6. The van der Waals surface area contributed by atoms with Crippen molar-refractivity contribution in [3.8, 4) is 17.2 Å². The van der Waals surface area contributed by atoms with Gasteiger partial charge in [-0.3, -0.25) is 9.59 Å². The van der Waals surface area contributed by atoms with Crippen molar-refractivity contribution in [1.29, 1.82) is 0 Å². The van der Waals surface area contributed by atoms with Crippen molar-refractivity contribution in [3.05, 3.63) is 58.7 Å². The Morgan fingerprint density at radius 2 is 1.82 bits per heavy atom. The van der Waals surface area contributed by atoms with E-state index in [-0.39, 0.29) is 35.0 Å². The van der Waals surface area contributed by atoms with Gasteiger partial charge in [0.2, 0.25) is 0 Å². The molecule has 0 amide bonds. The third kappa shape index (κ3) is 5.14. The van der Waals surface area contributed by atoms with Gasteiger partial charge in [0, 0.05) is 24.3 Å². The fourth-order valence-electron chi connectivity index (χ4n) is 4.55. The Balaban J connectivity index is 1.82. The van der Waals surface area contributed by atoms with E-state index in [1.54, 1.807) is 31.2 Å². The number of benzene rings is 2. The Morgan fingerprint density at radius 3 is 2.62 bits per heavy atom. The summed E-state index contributed by atoms with van der Waals surface area (Å²) in [6, 6.07) is 8.02. The molecular formula is C27H28O7. The van der Waals surface area contributed by atoms with Crippen LogP contribution in [0, 0.1) is 0 Å². The Kier molecular flexibility index (Phi) is 7.01. The van der Waals surface area contributed by atoms with Crippen LogP contribution in [0.15, 0.2) is 36.4 Å². The third-order valence-electron chi connectivity index (χ3n) is 6.25. The number of carbonyl (C=O) groups excluding carboxylic acids is 3. The van der Waals surface area contributed by atoms with Gasteiger partial charge in [0.25, 0.3) is 0 Å². The maximum absolute atomic E-state index is 13.2. The lowest BCUT2D eigenvalue weighted by molar-refractivity contribution is -0.135. The topological polar surface area (TPSA) is 110 Å². The third-order valence-corrected chi connectivity index (χ3v) is 6.25. The van der Waals surface area contributed by atoms with Crippen LogP contribution in [0.5, 0.6) is 17.2 Å². The lowest BCUT2D eigenvalue weighted by Crippen LogP contribution is -2.23. The molecule has 0 aliphatic carbocycles. The maximum atomic E-state index is 13.2. The van der Waals surface area contributed by atoms with Gasteiger partial charge < -0.3 is 19.7 Å². The van der Waals surface area contributed by atoms with Crippen LogP contribution in [0.1, 0.15) is 84.8 Å². The number of ether oxygens (including phenoxy) is 2. The number of phenolic OH excluding ortho intramolecular Hbond substituents is 2. The van der Waals surface area contributed by atoms with Crippen LogP contribution in [0.2, 0.25) is 0 Å². The molecule has 2 unspecified atom stereocenters. The molecule has 0 aromatic heterocycles. The minimum atomic E-state index is -0.678. The van der Waals surface area contributed by atoms with Crippen molar-refractivity contribution in [2.45, 2.75) is 63.9 Å². The summed E-state index contributed by atoms with van der Waals surface area (Å²) < 4.78 is 11.1. The molecule has 2 atom stereocenters. The predicted octanol–water partition coefficient (Wildman–Crippen LogP) is 5.02. The van der Waals surface area contributed by atoms with E-state index < -0.39 is 24.0 Å². The van der Waals surface area contributed by atoms with Gasteiger partial charge in [0.15, 0.2) is 0 Å². The molecule has 0 fully saturated rings. The fourth-order valence-corrected chi connectivity index (χ4v) is 4.55. The molecular weight excluding hydrogens is 436 g/mol. The molecule has 0 radical (unpaired) electrons. The van der Waals surface area contributed by atoms with Crippen LogP contribution < -0.4 is 4.74 Å². The zero-order valence-corrected chi connectivity index (χ0v) is 19.1. The van der Waals surface area contributed by atoms with Crippen LogP contribution in [0.3, 0.4) is 0 Å². The number of hydrogen-bond acceptors (Lipinski definition) is 7. The lowest BCUT2D eigenvalue weighted by atomic mass is 9.83. The molecule has 34 heavy (non-hydrogen) atoms. The number of ketones is 1. The van der Waals surface area contributed by atoms with Crippen LogP contribution in [0.4, 0.5) is 0 Å². The number of aromatic hydroxyl groups is 2. The molecule has 7 nitrogen and oxygen atoms in total. The summed E-state index contributed by atoms with van der Waals surface area (Å²) in [7, 11) is 0. The number of cyclic esters (lactones) is 1. The van der Waals surface area contributed by atoms with Crippen molar-refractivity contribution in [2.24, 2.45) is 0 Å². The lowest BCUT2D eigenvalue weighted by Gasteiger charge is -2.27. The second-order valence-electron chi connectivity index (χ2n) is 8.87. The van der Waals surface area contributed by atoms with Gasteiger partial charge in [-0.1, -0.05) is 24.3 Å². The molecule has 0 bridgehead atoms. The van der Waals surface area contributed by atoms with Crippen LogP contribution in [-0.2, 0) is 14.3 Å². The first-order chi connectivity index (χ1) is 16.3. The molecule has 2 aromatic carbocycles. The van der Waals surface area contributed by atoms with E-state index in [9.17, 15) is 24.6 Å². The highest BCUT2D eigenvalue weighted by Gasteiger charge is 2.35. The van der Waals surface area contributed by atoms with E-state index in [0.717, 1.165) is 0 Å². The standard InChI is InChI=1S/C27H28O7/c1-16-7-5-11-19(28)10-4-2-3-8-18-14-22-25(26(31)24(18)27(32)33-16)21(15-23(30)34-22)17-9-6-12-20(29)13-17/h3,6,8-9,12-14,16,21,29,31H,2,4-5,7,10-11,15H2,1H3/b8-3+. The van der Waals surface area contributed by atoms with Gasteiger partial charge in [-0.05, 0) is 61.9 Å². The van der Waals surface area contributed by atoms with Crippen LogP contribution in [-0.4, -0.2) is 34.0 Å². The highest BCUT2D eigenvalue weighted by atomic mass is 16.5. The number of carbonyl (C=O) groups is 3. The molecule has 7 heteroatoms. The number of esters is 2. The zero-order valence-electron chi connectivity index (χ0n) is 19.1. The van der Waals surface area contributed by atoms with Crippen LogP contribution in [0.25, 0.3) is 6.08 Å². The average molecular weight is 465 g/mol. The minimum absolute atomic E-state index is 0.0121. The predicted molar refractivity (Wildman–Crippen MR) is 125 cm³/mol. The van der Waals surface area contributed by atoms with E-state index >= 15 is 0 Å². The van der Waals surface area contributed by atoms with Crippen molar-refractivity contribution in [1.82, 2.24) is 0 Å². The fraction of sp³-hybridized carbons (Fsp3) is 0.370. The number of Topliss-reactive ketones (excluding diaryl/α,β-unsaturated/α-hetero) is 1. The van der Waals surface area contributed by atoms with Crippen molar-refractivity contribution < 1.29 is 34.1 Å². The maximum Gasteiger partial charge on any atom is 0.342 e. The summed E-state index contributed by atoms with van der Waals surface area (Å²) in [6.07, 6.45) is 6.46. The number of allylic oxidation sites excluding steroid dienone is 1. The van der Waals surface area contributed by atoms with E-state index in [2.05, 4.69) is 0 Å². The number of rotatable bonds is 1. The Morgan fingerprint density at radius 1 is 1.03 bits per heavy atom. The second kappa shape index (κ2) is 10.1. The van der Waals surface area contributed by atoms with Crippen molar-refractivity contribution in [2.75, 3.05) is 0 Å². The van der Waals surface area contributed by atoms with Gasteiger partial charge in [-0.2, -0.15) is 0 Å². The Bertz CT molecular complexity index is 1150. The van der Waals surface area contributed by atoms with Gasteiger partial charge in [-0.15, -0.1) is 0 Å². The van der Waals surface area contributed by atoms with Crippen molar-refractivity contribution >= 4 is 23.8 Å². The van der Waals surface area contributed by atoms with E-state index in [4.69, 9.17) is 9.47 Å². The first-order valence-electron chi connectivity index (χ1n) is 11.6. The number of fused-ring (bicyclic) bond motifs is 2. The largest absolute Gasteiger partial charge is 0.508 e. The normalized spacial score (nSPS) is 22.6. The van der Waals surface area contributed by atoms with Crippen molar-refractivity contribution in [3.63, 3.8) is 0 Å². The van der Waals surface area contributed by atoms with E-state index in [1.165, 1.54) is 12.1 Å². The van der Waals surface area contributed by atoms with Crippen LogP contribution >= 0.6 is 0 Å². The number of hydrogen-bond donors (Lipinski definition) is 2. The molecule has 2 heterocycles. The minimum Gasteiger partial charge on any atom is -0.508 e. The average Bonchev–Trinajstić information content (AvgIpc) is 2.77. The molecule has 2 aromatic rings. The summed E-state index contributed by atoms with van der Waals surface area (Å²) in [5.41, 5.74) is 1.32.